The molecule has 2 aliphatic heterocycles. The van der Waals surface area contributed by atoms with Gasteiger partial charge in [-0.2, -0.15) is 0 Å². The minimum Gasteiger partial charge on any atom is -0.497 e. The minimum absolute atomic E-state index is 0.183. The minimum atomic E-state index is -0.802. The Morgan fingerprint density at radius 1 is 1.35 bits per heavy atom. The lowest BCUT2D eigenvalue weighted by Crippen LogP contribution is -2.60. The molecule has 2 aliphatic rings. The van der Waals surface area contributed by atoms with Crippen LogP contribution < -0.4 is 10.1 Å². The van der Waals surface area contributed by atoms with Gasteiger partial charge in [-0.05, 0) is 30.5 Å². The second kappa shape index (κ2) is 5.31. The Morgan fingerprint density at radius 3 is 2.70 bits per heavy atom. The SMILES string of the molecule is COc1cc(F)cc(CC2(O)CC3COCC(C2)N3)c1. The number of nitrogens with one attached hydrogen (secondary N) is 1. The number of halogens is 1. The van der Waals surface area contributed by atoms with Crippen molar-refractivity contribution in [1.82, 2.24) is 5.32 Å². The maximum atomic E-state index is 13.5. The highest BCUT2D eigenvalue weighted by Crippen LogP contribution is 2.32. The first-order chi connectivity index (χ1) is 9.56. The number of piperidine rings is 1. The van der Waals surface area contributed by atoms with Gasteiger partial charge in [0.25, 0.3) is 0 Å². The van der Waals surface area contributed by atoms with E-state index in [2.05, 4.69) is 5.32 Å². The molecule has 3 rings (SSSR count). The molecule has 2 bridgehead atoms. The highest BCUT2D eigenvalue weighted by atomic mass is 19.1. The van der Waals surface area contributed by atoms with Crippen LogP contribution in [0.5, 0.6) is 5.75 Å². The Balaban J connectivity index is 1.77. The molecule has 5 heteroatoms. The molecular formula is C15H20FNO3. The summed E-state index contributed by atoms with van der Waals surface area (Å²) in [6, 6.07) is 4.97. The van der Waals surface area contributed by atoms with Crippen molar-refractivity contribution >= 4 is 0 Å². The third-order valence-corrected chi connectivity index (χ3v) is 4.06. The Hall–Kier alpha value is -1.17. The molecule has 0 amide bonds. The number of morpholine rings is 1. The molecule has 0 spiro atoms. The molecule has 0 aliphatic carbocycles. The van der Waals surface area contributed by atoms with Crippen molar-refractivity contribution in [3.05, 3.63) is 29.6 Å². The predicted molar refractivity (Wildman–Crippen MR) is 72.4 cm³/mol. The molecule has 0 saturated carbocycles. The summed E-state index contributed by atoms with van der Waals surface area (Å²) in [4.78, 5) is 0. The average molecular weight is 281 g/mol. The molecule has 0 aromatic heterocycles. The fourth-order valence-corrected chi connectivity index (χ4v) is 3.38. The van der Waals surface area contributed by atoms with Crippen LogP contribution in [0.2, 0.25) is 0 Å². The molecule has 2 heterocycles. The van der Waals surface area contributed by atoms with Gasteiger partial charge in [0.05, 0.1) is 25.9 Å². The van der Waals surface area contributed by atoms with Crippen LogP contribution in [0.1, 0.15) is 18.4 Å². The summed E-state index contributed by atoms with van der Waals surface area (Å²) in [5.41, 5.74) is -0.0337. The van der Waals surface area contributed by atoms with Gasteiger partial charge in [-0.15, -0.1) is 0 Å². The zero-order chi connectivity index (χ0) is 14.2. The number of ether oxygens (including phenoxy) is 2. The van der Waals surface area contributed by atoms with Crippen LogP contribution in [0.3, 0.4) is 0 Å². The van der Waals surface area contributed by atoms with Crippen LogP contribution in [-0.4, -0.2) is 43.1 Å². The fourth-order valence-electron chi connectivity index (χ4n) is 3.38. The lowest BCUT2D eigenvalue weighted by atomic mass is 9.79. The molecule has 1 aromatic rings. The molecule has 110 valence electrons. The van der Waals surface area contributed by atoms with Gasteiger partial charge in [0.1, 0.15) is 11.6 Å². The molecule has 0 radical (unpaired) electrons. The van der Waals surface area contributed by atoms with Gasteiger partial charge in [0.15, 0.2) is 0 Å². The summed E-state index contributed by atoms with van der Waals surface area (Å²) < 4.78 is 24.1. The number of hydrogen-bond donors (Lipinski definition) is 2. The molecule has 2 N–H and O–H groups in total. The number of hydrogen-bond acceptors (Lipinski definition) is 4. The van der Waals surface area contributed by atoms with Crippen molar-refractivity contribution in [2.24, 2.45) is 0 Å². The highest BCUT2D eigenvalue weighted by Gasteiger charge is 2.41. The van der Waals surface area contributed by atoms with E-state index in [9.17, 15) is 9.50 Å². The molecule has 2 atom stereocenters. The molecule has 2 fully saturated rings. The Kier molecular flexibility index (Phi) is 3.67. The van der Waals surface area contributed by atoms with E-state index in [1.807, 2.05) is 0 Å². The van der Waals surface area contributed by atoms with E-state index in [1.54, 1.807) is 6.07 Å². The maximum absolute atomic E-state index is 13.5. The molecule has 2 saturated heterocycles. The van der Waals surface area contributed by atoms with E-state index in [0.29, 0.717) is 38.2 Å². The lowest BCUT2D eigenvalue weighted by Gasteiger charge is -2.45. The Bertz CT molecular complexity index is 482. The number of methoxy groups -OCH3 is 1. The Labute approximate surface area is 117 Å². The molecule has 1 aromatic carbocycles. The molecule has 4 nitrogen and oxygen atoms in total. The van der Waals surface area contributed by atoms with Crippen molar-refractivity contribution in [3.63, 3.8) is 0 Å². The largest absolute Gasteiger partial charge is 0.497 e. The first-order valence-corrected chi connectivity index (χ1v) is 6.96. The highest BCUT2D eigenvalue weighted by molar-refractivity contribution is 5.30. The first-order valence-electron chi connectivity index (χ1n) is 6.96. The fraction of sp³-hybridized carbons (Fsp3) is 0.600. The summed E-state index contributed by atoms with van der Waals surface area (Å²) in [6.07, 6.45) is 1.69. The second-order valence-electron chi connectivity index (χ2n) is 5.91. The summed E-state index contributed by atoms with van der Waals surface area (Å²) in [5.74, 6) is 0.154. The van der Waals surface area contributed by atoms with Crippen LogP contribution in [0.15, 0.2) is 18.2 Å². The predicted octanol–water partition coefficient (Wildman–Crippen LogP) is 1.26. The standard InChI is InChI=1S/C15H20FNO3/c1-19-14-3-10(2-11(16)4-14)5-15(18)6-12-8-20-9-13(7-15)17-12/h2-4,12-13,17-18H,5-9H2,1H3. The maximum Gasteiger partial charge on any atom is 0.127 e. The van der Waals surface area contributed by atoms with Gasteiger partial charge < -0.3 is 19.9 Å². The van der Waals surface area contributed by atoms with Crippen LogP contribution in [0.25, 0.3) is 0 Å². The number of benzene rings is 1. The summed E-state index contributed by atoms with van der Waals surface area (Å²) >= 11 is 0. The number of aliphatic hydroxyl groups is 1. The van der Waals surface area contributed by atoms with Gasteiger partial charge >= 0.3 is 0 Å². The summed E-state index contributed by atoms with van der Waals surface area (Å²) in [7, 11) is 1.51. The lowest BCUT2D eigenvalue weighted by molar-refractivity contribution is -0.0755. The van der Waals surface area contributed by atoms with Crippen molar-refractivity contribution in [2.75, 3.05) is 20.3 Å². The zero-order valence-electron chi connectivity index (χ0n) is 11.6. The van der Waals surface area contributed by atoms with E-state index in [-0.39, 0.29) is 17.9 Å². The first kappa shape index (κ1) is 13.8. The van der Waals surface area contributed by atoms with Crippen molar-refractivity contribution in [3.8, 4) is 5.75 Å². The van der Waals surface area contributed by atoms with Gasteiger partial charge in [-0.25, -0.2) is 4.39 Å². The number of rotatable bonds is 3. The van der Waals surface area contributed by atoms with Crippen molar-refractivity contribution in [2.45, 2.75) is 36.9 Å². The molecular weight excluding hydrogens is 261 g/mol. The zero-order valence-corrected chi connectivity index (χ0v) is 11.6. The van der Waals surface area contributed by atoms with Crippen molar-refractivity contribution in [1.29, 1.82) is 0 Å². The average Bonchev–Trinajstić information content (AvgIpc) is 2.36. The van der Waals surface area contributed by atoms with Crippen LogP contribution in [-0.2, 0) is 11.2 Å². The van der Waals surface area contributed by atoms with Gasteiger partial charge in [-0.3, -0.25) is 0 Å². The normalized spacial score (nSPS) is 33.0. The summed E-state index contributed by atoms with van der Waals surface area (Å²) in [5, 5.41) is 14.3. The third-order valence-electron chi connectivity index (χ3n) is 4.06. The molecule has 20 heavy (non-hydrogen) atoms. The van der Waals surface area contributed by atoms with Gasteiger partial charge in [0, 0.05) is 24.6 Å². The van der Waals surface area contributed by atoms with E-state index in [0.717, 1.165) is 5.56 Å². The molecule has 2 unspecified atom stereocenters. The van der Waals surface area contributed by atoms with Crippen LogP contribution >= 0.6 is 0 Å². The van der Waals surface area contributed by atoms with Crippen LogP contribution in [0, 0.1) is 5.82 Å². The quantitative estimate of drug-likeness (QED) is 0.876. The van der Waals surface area contributed by atoms with E-state index in [1.165, 1.54) is 19.2 Å². The van der Waals surface area contributed by atoms with Crippen molar-refractivity contribution < 1.29 is 19.0 Å². The summed E-state index contributed by atoms with van der Waals surface area (Å²) in [6.45, 7) is 1.26. The van der Waals surface area contributed by atoms with Crippen LogP contribution in [0.4, 0.5) is 4.39 Å². The van der Waals surface area contributed by atoms with E-state index in [4.69, 9.17) is 9.47 Å². The van der Waals surface area contributed by atoms with E-state index < -0.39 is 5.60 Å². The third kappa shape index (κ3) is 2.95. The smallest absolute Gasteiger partial charge is 0.127 e. The second-order valence-corrected chi connectivity index (χ2v) is 5.91. The van der Waals surface area contributed by atoms with Gasteiger partial charge in [0.2, 0.25) is 0 Å². The van der Waals surface area contributed by atoms with Gasteiger partial charge in [-0.1, -0.05) is 0 Å². The number of fused-ring (bicyclic) bond motifs is 2. The van der Waals surface area contributed by atoms with E-state index >= 15 is 0 Å². The monoisotopic (exact) mass is 281 g/mol. The topological polar surface area (TPSA) is 50.7 Å². The Morgan fingerprint density at radius 2 is 2.05 bits per heavy atom.